The monoisotopic (exact) mass is 329 g/mol. The van der Waals surface area contributed by atoms with Gasteiger partial charge in [0.2, 0.25) is 0 Å². The van der Waals surface area contributed by atoms with Gasteiger partial charge < -0.3 is 19.9 Å². The van der Waals surface area contributed by atoms with Gasteiger partial charge in [0, 0.05) is 50.7 Å². The van der Waals surface area contributed by atoms with Crippen molar-refractivity contribution in [3.8, 4) is 5.75 Å². The second kappa shape index (κ2) is 7.44. The fourth-order valence-electron chi connectivity index (χ4n) is 3.16. The Kier molecular flexibility index (Phi) is 5.10. The standard InChI is InChI=1S/C17H23N5O2/c1-3-24-15-5-4-6-20-16(15)17(23)21-8-12-7-18-9-13(12)14-10-19-11-22(14)2/h4-6,10-13,18H,3,7-9H2,1-2H3,(H,21,23)/t12-,13+/m0/s1. The second-order valence-corrected chi connectivity index (χ2v) is 5.95. The number of nitrogens with zero attached hydrogens (tertiary/aromatic N) is 3. The van der Waals surface area contributed by atoms with Crippen LogP contribution in [0.1, 0.15) is 29.0 Å². The van der Waals surface area contributed by atoms with E-state index in [4.69, 9.17) is 4.74 Å². The largest absolute Gasteiger partial charge is 0.491 e. The zero-order chi connectivity index (χ0) is 16.9. The van der Waals surface area contributed by atoms with Crippen molar-refractivity contribution in [1.29, 1.82) is 0 Å². The van der Waals surface area contributed by atoms with Gasteiger partial charge in [0.05, 0.1) is 12.9 Å². The Morgan fingerprint density at radius 3 is 3.12 bits per heavy atom. The van der Waals surface area contributed by atoms with E-state index in [-0.39, 0.29) is 5.91 Å². The molecule has 7 nitrogen and oxygen atoms in total. The molecular formula is C17H23N5O2. The minimum atomic E-state index is -0.199. The lowest BCUT2D eigenvalue weighted by Gasteiger charge is -2.19. The third-order valence-corrected chi connectivity index (χ3v) is 4.38. The van der Waals surface area contributed by atoms with E-state index in [1.807, 2.05) is 31.1 Å². The molecule has 0 aliphatic carbocycles. The van der Waals surface area contributed by atoms with Gasteiger partial charge in [-0.15, -0.1) is 0 Å². The number of aryl methyl sites for hydroxylation is 1. The van der Waals surface area contributed by atoms with Crippen molar-refractivity contribution in [2.45, 2.75) is 12.8 Å². The SMILES string of the molecule is CCOc1cccnc1C(=O)NC[C@@H]1CNC[C@H]1c1cncn1C. The van der Waals surface area contributed by atoms with Crippen molar-refractivity contribution in [2.24, 2.45) is 13.0 Å². The van der Waals surface area contributed by atoms with E-state index in [0.717, 1.165) is 13.1 Å². The normalized spacial score (nSPS) is 20.1. The van der Waals surface area contributed by atoms with Gasteiger partial charge in [0.15, 0.2) is 11.4 Å². The summed E-state index contributed by atoms with van der Waals surface area (Å²) in [7, 11) is 2.00. The molecule has 0 radical (unpaired) electrons. The third-order valence-electron chi connectivity index (χ3n) is 4.38. The maximum absolute atomic E-state index is 12.5. The number of hydrogen-bond donors (Lipinski definition) is 2. The Bertz CT molecular complexity index is 700. The van der Waals surface area contributed by atoms with Crippen molar-refractivity contribution in [3.05, 3.63) is 42.2 Å². The molecule has 2 aromatic heterocycles. The van der Waals surface area contributed by atoms with Gasteiger partial charge in [-0.1, -0.05) is 0 Å². The lowest BCUT2D eigenvalue weighted by atomic mass is 9.93. The smallest absolute Gasteiger partial charge is 0.273 e. The molecular weight excluding hydrogens is 306 g/mol. The lowest BCUT2D eigenvalue weighted by Crippen LogP contribution is -2.33. The van der Waals surface area contributed by atoms with Crippen LogP contribution in [0.4, 0.5) is 0 Å². The maximum Gasteiger partial charge on any atom is 0.273 e. The molecule has 1 saturated heterocycles. The van der Waals surface area contributed by atoms with Crippen LogP contribution in [0.5, 0.6) is 5.75 Å². The fourth-order valence-corrected chi connectivity index (χ4v) is 3.16. The number of pyridine rings is 1. The molecule has 0 aromatic carbocycles. The van der Waals surface area contributed by atoms with Crippen LogP contribution >= 0.6 is 0 Å². The minimum absolute atomic E-state index is 0.199. The Hall–Kier alpha value is -2.41. The minimum Gasteiger partial charge on any atom is -0.491 e. The first-order chi connectivity index (χ1) is 11.7. The average molecular weight is 329 g/mol. The van der Waals surface area contributed by atoms with Gasteiger partial charge in [-0.05, 0) is 25.0 Å². The highest BCUT2D eigenvalue weighted by Crippen LogP contribution is 2.27. The molecule has 24 heavy (non-hydrogen) atoms. The quantitative estimate of drug-likeness (QED) is 0.825. The molecule has 2 atom stereocenters. The van der Waals surface area contributed by atoms with Crippen molar-refractivity contribution in [2.75, 3.05) is 26.2 Å². The average Bonchev–Trinajstić information content (AvgIpc) is 3.21. The van der Waals surface area contributed by atoms with Gasteiger partial charge in [0.1, 0.15) is 0 Å². The molecule has 2 N–H and O–H groups in total. The van der Waals surface area contributed by atoms with Gasteiger partial charge in [-0.3, -0.25) is 4.79 Å². The van der Waals surface area contributed by atoms with Crippen molar-refractivity contribution in [1.82, 2.24) is 25.2 Å². The molecule has 0 saturated carbocycles. The van der Waals surface area contributed by atoms with Crippen molar-refractivity contribution < 1.29 is 9.53 Å². The number of amides is 1. The van der Waals surface area contributed by atoms with Crippen LogP contribution < -0.4 is 15.4 Å². The number of imidazole rings is 1. The Balaban J connectivity index is 1.65. The molecule has 0 unspecified atom stereocenters. The number of ether oxygens (including phenoxy) is 1. The summed E-state index contributed by atoms with van der Waals surface area (Å²) in [6, 6.07) is 3.53. The fraction of sp³-hybridized carbons (Fsp3) is 0.471. The zero-order valence-electron chi connectivity index (χ0n) is 14.0. The molecule has 1 fully saturated rings. The number of nitrogens with one attached hydrogen (secondary N) is 2. The molecule has 128 valence electrons. The van der Waals surface area contributed by atoms with E-state index in [1.165, 1.54) is 5.69 Å². The summed E-state index contributed by atoms with van der Waals surface area (Å²) in [6.07, 6.45) is 5.32. The second-order valence-electron chi connectivity index (χ2n) is 5.95. The molecule has 3 heterocycles. The summed E-state index contributed by atoms with van der Waals surface area (Å²) in [6.45, 7) is 4.74. The predicted molar refractivity (Wildman–Crippen MR) is 90.0 cm³/mol. The molecule has 1 amide bonds. The van der Waals surface area contributed by atoms with Crippen LogP contribution in [0, 0.1) is 5.92 Å². The van der Waals surface area contributed by atoms with Crippen LogP contribution in [-0.2, 0) is 7.05 Å². The van der Waals surface area contributed by atoms with E-state index >= 15 is 0 Å². The summed E-state index contributed by atoms with van der Waals surface area (Å²) < 4.78 is 7.52. The van der Waals surface area contributed by atoms with Crippen LogP contribution in [0.2, 0.25) is 0 Å². The van der Waals surface area contributed by atoms with Gasteiger partial charge in [0.25, 0.3) is 5.91 Å². The zero-order valence-corrected chi connectivity index (χ0v) is 14.0. The van der Waals surface area contributed by atoms with Gasteiger partial charge >= 0.3 is 0 Å². The first-order valence-corrected chi connectivity index (χ1v) is 8.23. The summed E-state index contributed by atoms with van der Waals surface area (Å²) in [5.74, 6) is 0.983. The van der Waals surface area contributed by atoms with Crippen LogP contribution in [0.15, 0.2) is 30.9 Å². The maximum atomic E-state index is 12.5. The number of carbonyl (C=O) groups is 1. The molecule has 2 aromatic rings. The first-order valence-electron chi connectivity index (χ1n) is 8.23. The van der Waals surface area contributed by atoms with Crippen LogP contribution in [0.3, 0.4) is 0 Å². The molecule has 1 aliphatic rings. The summed E-state index contributed by atoms with van der Waals surface area (Å²) in [5, 5.41) is 6.40. The number of carbonyl (C=O) groups excluding carboxylic acids is 1. The number of hydrogen-bond acceptors (Lipinski definition) is 5. The van der Waals surface area contributed by atoms with Crippen LogP contribution in [0.25, 0.3) is 0 Å². The highest BCUT2D eigenvalue weighted by molar-refractivity contribution is 5.94. The molecule has 0 bridgehead atoms. The highest BCUT2D eigenvalue weighted by atomic mass is 16.5. The molecule has 1 aliphatic heterocycles. The Morgan fingerprint density at radius 1 is 1.50 bits per heavy atom. The Labute approximate surface area is 141 Å². The topological polar surface area (TPSA) is 81.1 Å². The molecule has 0 spiro atoms. The summed E-state index contributed by atoms with van der Waals surface area (Å²) >= 11 is 0. The van der Waals surface area contributed by atoms with Gasteiger partial charge in [-0.2, -0.15) is 0 Å². The van der Waals surface area contributed by atoms with E-state index in [1.54, 1.807) is 18.3 Å². The first kappa shape index (κ1) is 16.4. The van der Waals surface area contributed by atoms with E-state index in [9.17, 15) is 4.79 Å². The van der Waals surface area contributed by atoms with Gasteiger partial charge in [-0.25, -0.2) is 9.97 Å². The number of aromatic nitrogens is 3. The highest BCUT2D eigenvalue weighted by Gasteiger charge is 2.30. The number of rotatable bonds is 6. The molecule has 7 heteroatoms. The predicted octanol–water partition coefficient (Wildman–Crippen LogP) is 0.947. The third kappa shape index (κ3) is 3.41. The van der Waals surface area contributed by atoms with Crippen molar-refractivity contribution in [3.63, 3.8) is 0 Å². The lowest BCUT2D eigenvalue weighted by molar-refractivity contribution is 0.0938. The van der Waals surface area contributed by atoms with Crippen molar-refractivity contribution >= 4 is 5.91 Å². The van der Waals surface area contributed by atoms with E-state index in [0.29, 0.717) is 36.4 Å². The van der Waals surface area contributed by atoms with Crippen LogP contribution in [-0.4, -0.2) is 46.7 Å². The summed E-state index contributed by atoms with van der Waals surface area (Å²) in [5.41, 5.74) is 1.52. The molecule has 3 rings (SSSR count). The van der Waals surface area contributed by atoms with E-state index in [2.05, 4.69) is 20.6 Å². The summed E-state index contributed by atoms with van der Waals surface area (Å²) in [4.78, 5) is 20.8. The Morgan fingerprint density at radius 2 is 2.38 bits per heavy atom. The van der Waals surface area contributed by atoms with E-state index < -0.39 is 0 Å².